The number of carbonyl (C=O) groups is 1. The number of phenolic OH excluding ortho intramolecular Hbond substituents is 2. The summed E-state index contributed by atoms with van der Waals surface area (Å²) in [6.07, 6.45) is 1.97. The minimum Gasteiger partial charge on any atom is -0.508 e. The summed E-state index contributed by atoms with van der Waals surface area (Å²) < 4.78 is 0. The second-order valence-corrected chi connectivity index (χ2v) is 5.27. The fraction of sp³-hybridized carbons (Fsp3) is 0.222. The zero-order valence-corrected chi connectivity index (χ0v) is 13.0. The van der Waals surface area contributed by atoms with E-state index >= 15 is 0 Å². The highest BCUT2D eigenvalue weighted by Crippen LogP contribution is 2.22. The first-order valence-electron chi connectivity index (χ1n) is 7.45. The van der Waals surface area contributed by atoms with E-state index in [0.717, 1.165) is 12.8 Å². The number of phenols is 2. The largest absolute Gasteiger partial charge is 0.508 e. The van der Waals surface area contributed by atoms with Crippen molar-refractivity contribution in [3.8, 4) is 11.5 Å². The lowest BCUT2D eigenvalue weighted by Crippen LogP contribution is -2.19. The highest BCUT2D eigenvalue weighted by Gasteiger charge is 2.06. The molecule has 1 amide bonds. The number of nitrogens with zero attached hydrogens (tertiary/aromatic N) is 1. The van der Waals surface area contributed by atoms with Gasteiger partial charge in [-0.05, 0) is 37.5 Å². The molecular weight excluding hydrogens is 292 g/mol. The summed E-state index contributed by atoms with van der Waals surface area (Å²) >= 11 is 0. The first-order chi connectivity index (χ1) is 11.1. The molecule has 0 aliphatic rings. The lowest BCUT2D eigenvalue weighted by molar-refractivity contribution is -0.121. The van der Waals surface area contributed by atoms with Gasteiger partial charge in [-0.1, -0.05) is 30.3 Å². The van der Waals surface area contributed by atoms with E-state index in [1.54, 1.807) is 13.0 Å². The molecule has 2 aromatic rings. The zero-order chi connectivity index (χ0) is 16.7. The van der Waals surface area contributed by atoms with Gasteiger partial charge in [0.2, 0.25) is 5.91 Å². The Bertz CT molecular complexity index is 697. The number of hydrogen-bond acceptors (Lipinski definition) is 4. The van der Waals surface area contributed by atoms with Crippen molar-refractivity contribution in [2.45, 2.75) is 26.2 Å². The Morgan fingerprint density at radius 2 is 1.87 bits per heavy atom. The maximum atomic E-state index is 11.8. The average Bonchev–Trinajstić information content (AvgIpc) is 2.53. The minimum atomic E-state index is -0.168. The van der Waals surface area contributed by atoms with Crippen molar-refractivity contribution in [1.29, 1.82) is 0 Å². The summed E-state index contributed by atoms with van der Waals surface area (Å²) in [6.45, 7) is 1.68. The number of aromatic hydroxyl groups is 2. The molecule has 0 heterocycles. The topological polar surface area (TPSA) is 81.9 Å². The van der Waals surface area contributed by atoms with Crippen LogP contribution in [0.5, 0.6) is 11.5 Å². The molecule has 23 heavy (non-hydrogen) atoms. The summed E-state index contributed by atoms with van der Waals surface area (Å²) in [4.78, 5) is 11.8. The molecule has 5 nitrogen and oxygen atoms in total. The number of amides is 1. The molecule has 0 aromatic heterocycles. The van der Waals surface area contributed by atoms with Crippen molar-refractivity contribution in [2.75, 3.05) is 0 Å². The number of carbonyl (C=O) groups excluding carboxylic acids is 1. The normalized spacial score (nSPS) is 11.3. The quantitative estimate of drug-likeness (QED) is 0.566. The molecule has 2 rings (SSSR count). The van der Waals surface area contributed by atoms with Crippen LogP contribution >= 0.6 is 0 Å². The number of hydrazone groups is 1. The van der Waals surface area contributed by atoms with Gasteiger partial charge in [-0.3, -0.25) is 4.79 Å². The molecule has 5 heteroatoms. The molecule has 0 unspecified atom stereocenters. The highest BCUT2D eigenvalue weighted by molar-refractivity contribution is 6.01. The average molecular weight is 312 g/mol. The molecule has 3 N–H and O–H groups in total. The van der Waals surface area contributed by atoms with E-state index in [9.17, 15) is 15.0 Å². The van der Waals surface area contributed by atoms with Crippen LogP contribution in [0.3, 0.4) is 0 Å². The zero-order valence-electron chi connectivity index (χ0n) is 13.0. The number of benzene rings is 2. The smallest absolute Gasteiger partial charge is 0.240 e. The third-order valence-corrected chi connectivity index (χ3v) is 3.43. The number of aryl methyl sites for hydroxylation is 1. The van der Waals surface area contributed by atoms with Crippen LogP contribution in [-0.4, -0.2) is 21.8 Å². The Morgan fingerprint density at radius 3 is 2.57 bits per heavy atom. The Morgan fingerprint density at radius 1 is 1.13 bits per heavy atom. The molecule has 0 radical (unpaired) electrons. The van der Waals surface area contributed by atoms with Crippen LogP contribution in [0, 0.1) is 0 Å². The van der Waals surface area contributed by atoms with Crippen molar-refractivity contribution in [3.05, 3.63) is 59.7 Å². The summed E-state index contributed by atoms with van der Waals surface area (Å²) in [5.74, 6) is -0.271. The summed E-state index contributed by atoms with van der Waals surface area (Å²) in [6, 6.07) is 14.2. The van der Waals surface area contributed by atoms with E-state index in [2.05, 4.69) is 10.5 Å². The molecule has 0 saturated heterocycles. The molecule has 0 spiro atoms. The molecule has 0 aliphatic heterocycles. The van der Waals surface area contributed by atoms with E-state index in [1.165, 1.54) is 17.7 Å². The van der Waals surface area contributed by atoms with Gasteiger partial charge in [0.15, 0.2) is 0 Å². The first kappa shape index (κ1) is 16.5. The van der Waals surface area contributed by atoms with Gasteiger partial charge in [-0.15, -0.1) is 0 Å². The summed E-state index contributed by atoms with van der Waals surface area (Å²) in [5, 5.41) is 23.0. The minimum absolute atomic E-state index is 0.0241. The molecule has 0 atom stereocenters. The van der Waals surface area contributed by atoms with Gasteiger partial charge in [-0.2, -0.15) is 5.10 Å². The van der Waals surface area contributed by atoms with Gasteiger partial charge in [-0.25, -0.2) is 5.43 Å². The Kier molecular flexibility index (Phi) is 5.74. The lowest BCUT2D eigenvalue weighted by atomic mass is 10.1. The Labute approximate surface area is 135 Å². The summed E-state index contributed by atoms with van der Waals surface area (Å²) in [5.41, 5.74) is 4.62. The fourth-order valence-corrected chi connectivity index (χ4v) is 2.19. The maximum absolute atomic E-state index is 11.8. The van der Waals surface area contributed by atoms with E-state index in [1.807, 2.05) is 30.3 Å². The van der Waals surface area contributed by atoms with Gasteiger partial charge < -0.3 is 10.2 Å². The SMILES string of the molecule is C/C(=N/NC(=O)CCCc1ccccc1)c1ccc(O)cc1O. The van der Waals surface area contributed by atoms with Crippen molar-refractivity contribution < 1.29 is 15.0 Å². The molecule has 2 aromatic carbocycles. The van der Waals surface area contributed by atoms with Gasteiger partial charge in [0.05, 0.1) is 5.71 Å². The van der Waals surface area contributed by atoms with Crippen LogP contribution < -0.4 is 5.43 Å². The van der Waals surface area contributed by atoms with Gasteiger partial charge in [0, 0.05) is 18.1 Å². The first-order valence-corrected chi connectivity index (χ1v) is 7.45. The highest BCUT2D eigenvalue weighted by atomic mass is 16.3. The Balaban J connectivity index is 1.83. The van der Waals surface area contributed by atoms with E-state index in [0.29, 0.717) is 17.7 Å². The number of hydrogen-bond donors (Lipinski definition) is 3. The second kappa shape index (κ2) is 7.98. The lowest BCUT2D eigenvalue weighted by Gasteiger charge is -2.05. The van der Waals surface area contributed by atoms with Crippen molar-refractivity contribution in [3.63, 3.8) is 0 Å². The molecule has 0 saturated carbocycles. The number of rotatable bonds is 6. The molecule has 0 bridgehead atoms. The number of nitrogens with one attached hydrogen (secondary N) is 1. The third-order valence-electron chi connectivity index (χ3n) is 3.43. The summed E-state index contributed by atoms with van der Waals surface area (Å²) in [7, 11) is 0. The van der Waals surface area contributed by atoms with Gasteiger partial charge >= 0.3 is 0 Å². The van der Waals surface area contributed by atoms with Crippen LogP contribution in [0.15, 0.2) is 53.6 Å². The predicted molar refractivity (Wildman–Crippen MR) is 89.5 cm³/mol. The van der Waals surface area contributed by atoms with Crippen LogP contribution in [0.4, 0.5) is 0 Å². The second-order valence-electron chi connectivity index (χ2n) is 5.27. The maximum Gasteiger partial charge on any atom is 0.240 e. The molecule has 120 valence electrons. The van der Waals surface area contributed by atoms with Crippen molar-refractivity contribution in [2.24, 2.45) is 5.10 Å². The molecule has 0 aliphatic carbocycles. The standard InChI is InChI=1S/C18H20N2O3/c1-13(16-11-10-15(21)12-17(16)22)19-20-18(23)9-5-8-14-6-3-2-4-7-14/h2-4,6-7,10-12,21-22H,5,8-9H2,1H3,(H,20,23)/b19-13-. The van der Waals surface area contributed by atoms with E-state index in [-0.39, 0.29) is 17.4 Å². The van der Waals surface area contributed by atoms with Crippen LogP contribution in [0.25, 0.3) is 0 Å². The fourth-order valence-electron chi connectivity index (χ4n) is 2.19. The third kappa shape index (κ3) is 5.14. The van der Waals surface area contributed by atoms with Crippen LogP contribution in [0.1, 0.15) is 30.9 Å². The Hall–Kier alpha value is -2.82. The molecular formula is C18H20N2O3. The van der Waals surface area contributed by atoms with Crippen LogP contribution in [-0.2, 0) is 11.2 Å². The monoisotopic (exact) mass is 312 g/mol. The van der Waals surface area contributed by atoms with Crippen LogP contribution in [0.2, 0.25) is 0 Å². The van der Waals surface area contributed by atoms with Crippen molar-refractivity contribution >= 4 is 11.6 Å². The predicted octanol–water partition coefficient (Wildman–Crippen LogP) is 2.96. The van der Waals surface area contributed by atoms with E-state index < -0.39 is 0 Å². The van der Waals surface area contributed by atoms with Gasteiger partial charge in [0.1, 0.15) is 11.5 Å². The van der Waals surface area contributed by atoms with E-state index in [4.69, 9.17) is 0 Å². The van der Waals surface area contributed by atoms with Gasteiger partial charge in [0.25, 0.3) is 0 Å². The van der Waals surface area contributed by atoms with Crippen molar-refractivity contribution in [1.82, 2.24) is 5.43 Å². The molecule has 0 fully saturated rings.